The van der Waals surface area contributed by atoms with E-state index < -0.39 is 46.6 Å². The highest BCUT2D eigenvalue weighted by atomic mass is 19.4. The molecule has 0 aliphatic carbocycles. The number of benzene rings is 1. The lowest BCUT2D eigenvalue weighted by molar-refractivity contribution is -0.143. The molecule has 0 bridgehead atoms. The predicted molar refractivity (Wildman–Crippen MR) is 69.5 cm³/mol. The smallest absolute Gasteiger partial charge is 0.394 e. The Morgan fingerprint density at radius 2 is 1.35 bits per heavy atom. The molecule has 0 heterocycles. The van der Waals surface area contributed by atoms with Crippen LogP contribution in [-0.2, 0) is 18.9 Å². The summed E-state index contributed by atoms with van der Waals surface area (Å²) in [6.07, 6.45) is -9.92. The van der Waals surface area contributed by atoms with Crippen molar-refractivity contribution in [3.05, 3.63) is 55.3 Å². The van der Waals surface area contributed by atoms with Crippen LogP contribution in [0, 0.1) is 0 Å². The SMILES string of the molecule is Nc1c(NCc2cc(C(F)(F)F)cc(C(F)(F)F)c2)c(=O)c1=O. The molecule has 4 nitrogen and oxygen atoms in total. The number of rotatable bonds is 3. The first kappa shape index (κ1) is 16.8. The van der Waals surface area contributed by atoms with Gasteiger partial charge in [-0.2, -0.15) is 26.3 Å². The topological polar surface area (TPSA) is 72.2 Å². The minimum atomic E-state index is -4.96. The van der Waals surface area contributed by atoms with Crippen LogP contribution in [0.3, 0.4) is 0 Å². The highest BCUT2D eigenvalue weighted by Crippen LogP contribution is 2.36. The maximum Gasteiger partial charge on any atom is 0.416 e. The lowest BCUT2D eigenvalue weighted by Crippen LogP contribution is -2.36. The molecule has 10 heteroatoms. The van der Waals surface area contributed by atoms with E-state index in [1.807, 2.05) is 0 Å². The van der Waals surface area contributed by atoms with Crippen LogP contribution in [0.15, 0.2) is 27.8 Å². The van der Waals surface area contributed by atoms with Gasteiger partial charge in [0.25, 0.3) is 10.9 Å². The first-order chi connectivity index (χ1) is 10.4. The van der Waals surface area contributed by atoms with Gasteiger partial charge in [0, 0.05) is 6.54 Å². The van der Waals surface area contributed by atoms with Crippen LogP contribution in [0.5, 0.6) is 0 Å². The van der Waals surface area contributed by atoms with Gasteiger partial charge in [-0.1, -0.05) is 0 Å². The first-order valence-corrected chi connectivity index (χ1v) is 6.02. The zero-order valence-corrected chi connectivity index (χ0v) is 11.1. The average Bonchev–Trinajstić information content (AvgIpc) is 2.44. The van der Waals surface area contributed by atoms with E-state index in [-0.39, 0.29) is 17.3 Å². The summed E-state index contributed by atoms with van der Waals surface area (Å²) in [5.41, 5.74) is -0.738. The first-order valence-electron chi connectivity index (χ1n) is 6.02. The Balaban J connectivity index is 2.35. The predicted octanol–water partition coefficient (Wildman–Crippen LogP) is 2.51. The molecule has 2 rings (SSSR count). The monoisotopic (exact) mass is 338 g/mol. The van der Waals surface area contributed by atoms with Gasteiger partial charge in [-0.3, -0.25) is 9.59 Å². The van der Waals surface area contributed by atoms with Crippen molar-refractivity contribution in [1.29, 1.82) is 0 Å². The van der Waals surface area contributed by atoms with Gasteiger partial charge in [0.1, 0.15) is 11.4 Å². The van der Waals surface area contributed by atoms with Crippen molar-refractivity contribution in [2.24, 2.45) is 0 Å². The van der Waals surface area contributed by atoms with Crippen molar-refractivity contribution in [3.63, 3.8) is 0 Å². The summed E-state index contributed by atoms with van der Waals surface area (Å²) < 4.78 is 76.0. The highest BCUT2D eigenvalue weighted by Gasteiger charge is 2.36. The summed E-state index contributed by atoms with van der Waals surface area (Å²) in [4.78, 5) is 22.0. The Morgan fingerprint density at radius 1 is 0.870 bits per heavy atom. The van der Waals surface area contributed by atoms with Crippen molar-refractivity contribution in [1.82, 2.24) is 0 Å². The van der Waals surface area contributed by atoms with Gasteiger partial charge < -0.3 is 11.1 Å². The van der Waals surface area contributed by atoms with Crippen molar-refractivity contribution in [2.45, 2.75) is 18.9 Å². The van der Waals surface area contributed by atoms with Gasteiger partial charge in [0.05, 0.1) is 11.1 Å². The molecule has 0 aliphatic rings. The second kappa shape index (κ2) is 5.28. The Hall–Kier alpha value is -2.52. The third-order valence-corrected chi connectivity index (χ3v) is 3.06. The quantitative estimate of drug-likeness (QED) is 0.666. The summed E-state index contributed by atoms with van der Waals surface area (Å²) in [6.45, 7) is -0.526. The molecule has 0 spiro atoms. The molecule has 124 valence electrons. The number of hydrogen-bond acceptors (Lipinski definition) is 4. The molecule has 0 fully saturated rings. The Kier molecular flexibility index (Phi) is 3.87. The molecule has 0 aliphatic heterocycles. The maximum absolute atomic E-state index is 12.7. The van der Waals surface area contributed by atoms with Crippen molar-refractivity contribution in [2.75, 3.05) is 11.1 Å². The van der Waals surface area contributed by atoms with Gasteiger partial charge in [-0.25, -0.2) is 0 Å². The Labute approximate surface area is 124 Å². The lowest BCUT2D eigenvalue weighted by Gasteiger charge is -2.15. The van der Waals surface area contributed by atoms with Gasteiger partial charge in [0.2, 0.25) is 0 Å². The minimum Gasteiger partial charge on any atom is -0.394 e. The Bertz CT molecular complexity index is 783. The van der Waals surface area contributed by atoms with E-state index in [2.05, 4.69) is 5.32 Å². The van der Waals surface area contributed by atoms with E-state index in [0.717, 1.165) is 0 Å². The van der Waals surface area contributed by atoms with Crippen molar-refractivity contribution < 1.29 is 26.3 Å². The van der Waals surface area contributed by atoms with E-state index in [0.29, 0.717) is 12.1 Å². The van der Waals surface area contributed by atoms with E-state index in [4.69, 9.17) is 5.73 Å². The number of anilines is 2. The molecule has 0 aromatic heterocycles. The lowest BCUT2D eigenvalue weighted by atomic mass is 10.0. The molecule has 0 atom stereocenters. The molecule has 0 saturated carbocycles. The summed E-state index contributed by atoms with van der Waals surface area (Å²) >= 11 is 0. The molecule has 0 radical (unpaired) electrons. The molecular formula is C13H8F6N2O2. The van der Waals surface area contributed by atoms with Crippen LogP contribution < -0.4 is 21.9 Å². The average molecular weight is 338 g/mol. The number of alkyl halides is 6. The highest BCUT2D eigenvalue weighted by molar-refractivity contribution is 5.71. The van der Waals surface area contributed by atoms with Crippen LogP contribution in [0.25, 0.3) is 0 Å². The maximum atomic E-state index is 12.7. The fourth-order valence-electron chi connectivity index (χ4n) is 1.90. The van der Waals surface area contributed by atoms with Gasteiger partial charge >= 0.3 is 12.4 Å². The van der Waals surface area contributed by atoms with E-state index in [1.54, 1.807) is 0 Å². The Morgan fingerprint density at radius 3 is 1.74 bits per heavy atom. The summed E-state index contributed by atoms with van der Waals surface area (Å²) in [5, 5.41) is 2.27. The van der Waals surface area contributed by atoms with Crippen LogP contribution in [0.4, 0.5) is 37.7 Å². The standard InChI is InChI=1S/C13H8F6N2O2/c14-12(15,16)6-1-5(2-7(3-6)13(17,18)19)4-21-9-8(20)10(22)11(9)23/h1-3,21H,4,20H2. The molecular weight excluding hydrogens is 330 g/mol. The van der Waals surface area contributed by atoms with E-state index in [9.17, 15) is 35.9 Å². The van der Waals surface area contributed by atoms with E-state index in [1.165, 1.54) is 0 Å². The van der Waals surface area contributed by atoms with Crippen LogP contribution in [-0.4, -0.2) is 0 Å². The number of halogens is 6. The second-order valence-corrected chi connectivity index (χ2v) is 4.71. The van der Waals surface area contributed by atoms with Crippen LogP contribution in [0.1, 0.15) is 16.7 Å². The third kappa shape index (κ3) is 3.30. The normalized spacial score (nSPS) is 12.6. The molecule has 0 unspecified atom stereocenters. The molecule has 3 N–H and O–H groups in total. The second-order valence-electron chi connectivity index (χ2n) is 4.71. The number of nitrogen functional groups attached to an aromatic ring is 1. The van der Waals surface area contributed by atoms with Gasteiger partial charge in [0.15, 0.2) is 0 Å². The largest absolute Gasteiger partial charge is 0.416 e. The van der Waals surface area contributed by atoms with Crippen molar-refractivity contribution >= 4 is 11.4 Å². The van der Waals surface area contributed by atoms with Crippen molar-refractivity contribution in [3.8, 4) is 0 Å². The zero-order chi connectivity index (χ0) is 17.6. The molecule has 0 amide bonds. The molecule has 2 aromatic carbocycles. The minimum absolute atomic E-state index is 0.00481. The third-order valence-electron chi connectivity index (χ3n) is 3.06. The number of nitrogens with one attached hydrogen (secondary N) is 1. The molecule has 23 heavy (non-hydrogen) atoms. The molecule has 2 aromatic rings. The van der Waals surface area contributed by atoms with E-state index >= 15 is 0 Å². The van der Waals surface area contributed by atoms with Gasteiger partial charge in [-0.15, -0.1) is 0 Å². The summed E-state index contributed by atoms with van der Waals surface area (Å²) in [6, 6.07) is 1.03. The number of nitrogens with two attached hydrogens (primary N) is 1. The van der Waals surface area contributed by atoms with Crippen LogP contribution in [0.2, 0.25) is 0 Å². The number of hydrogen-bond donors (Lipinski definition) is 2. The molecule has 0 saturated heterocycles. The summed E-state index contributed by atoms with van der Waals surface area (Å²) in [7, 11) is 0. The van der Waals surface area contributed by atoms with Gasteiger partial charge in [-0.05, 0) is 23.8 Å². The summed E-state index contributed by atoms with van der Waals surface area (Å²) in [5.74, 6) is 0. The fourth-order valence-corrected chi connectivity index (χ4v) is 1.90. The fraction of sp³-hybridized carbons (Fsp3) is 0.231. The zero-order valence-electron chi connectivity index (χ0n) is 11.1. The van der Waals surface area contributed by atoms with Crippen LogP contribution >= 0.6 is 0 Å².